The lowest BCUT2D eigenvalue weighted by Crippen LogP contribution is -2.37. The van der Waals surface area contributed by atoms with Gasteiger partial charge >= 0.3 is 0 Å². The third kappa shape index (κ3) is 6.07. The third-order valence-electron chi connectivity index (χ3n) is 3.69. The van der Waals surface area contributed by atoms with Crippen LogP contribution in [0.15, 0.2) is 0 Å². The van der Waals surface area contributed by atoms with Crippen molar-refractivity contribution in [2.24, 2.45) is 11.8 Å². The Balaban J connectivity index is 0.00000225. The zero-order chi connectivity index (χ0) is 11.1. The van der Waals surface area contributed by atoms with Crippen LogP contribution in [0.4, 0.5) is 0 Å². The number of halogens is 1. The van der Waals surface area contributed by atoms with E-state index in [1.54, 1.807) is 0 Å². The molecular formula is C13H29ClN2. The zero-order valence-electron chi connectivity index (χ0n) is 11.2. The topological polar surface area (TPSA) is 15.3 Å². The third-order valence-corrected chi connectivity index (χ3v) is 3.69. The Bertz CT molecular complexity index is 158. The van der Waals surface area contributed by atoms with Crippen molar-refractivity contribution >= 4 is 12.4 Å². The highest BCUT2D eigenvalue weighted by Crippen LogP contribution is 2.14. The van der Waals surface area contributed by atoms with Crippen molar-refractivity contribution in [3.8, 4) is 0 Å². The van der Waals surface area contributed by atoms with Crippen LogP contribution >= 0.6 is 12.4 Å². The molecule has 0 aromatic heterocycles. The number of nitrogens with zero attached hydrogens (tertiary/aromatic N) is 1. The van der Waals surface area contributed by atoms with E-state index in [1.165, 1.54) is 52.0 Å². The average Bonchev–Trinajstić information content (AvgIpc) is 2.29. The van der Waals surface area contributed by atoms with Gasteiger partial charge in [-0.25, -0.2) is 0 Å². The first-order valence-corrected chi connectivity index (χ1v) is 6.69. The molecule has 1 saturated heterocycles. The fourth-order valence-corrected chi connectivity index (χ4v) is 2.33. The van der Waals surface area contributed by atoms with Gasteiger partial charge in [-0.3, -0.25) is 0 Å². The summed E-state index contributed by atoms with van der Waals surface area (Å²) < 4.78 is 0. The van der Waals surface area contributed by atoms with E-state index in [1.807, 2.05) is 0 Å². The van der Waals surface area contributed by atoms with Crippen LogP contribution in [0, 0.1) is 11.8 Å². The van der Waals surface area contributed by atoms with Gasteiger partial charge in [-0.15, -0.1) is 12.4 Å². The minimum atomic E-state index is 0. The predicted molar refractivity (Wildman–Crippen MR) is 74.4 cm³/mol. The van der Waals surface area contributed by atoms with E-state index in [-0.39, 0.29) is 12.4 Å². The first-order chi connectivity index (χ1) is 7.26. The van der Waals surface area contributed by atoms with Crippen LogP contribution in [-0.4, -0.2) is 37.6 Å². The van der Waals surface area contributed by atoms with E-state index in [2.05, 4.69) is 31.0 Å². The number of piperidine rings is 1. The summed E-state index contributed by atoms with van der Waals surface area (Å²) in [5, 5.41) is 3.44. The van der Waals surface area contributed by atoms with Crippen molar-refractivity contribution in [2.45, 2.75) is 40.0 Å². The molecule has 1 atom stereocenters. The Morgan fingerprint density at radius 2 is 1.88 bits per heavy atom. The highest BCUT2D eigenvalue weighted by atomic mass is 35.5. The maximum Gasteiger partial charge on any atom is 0.00106 e. The minimum absolute atomic E-state index is 0. The van der Waals surface area contributed by atoms with Crippen molar-refractivity contribution in [3.63, 3.8) is 0 Å². The molecule has 1 aliphatic rings. The summed E-state index contributed by atoms with van der Waals surface area (Å²) in [5.74, 6) is 1.79. The molecule has 1 fully saturated rings. The molecule has 1 unspecified atom stereocenters. The molecule has 0 amide bonds. The molecule has 1 rings (SSSR count). The second kappa shape index (κ2) is 9.26. The molecule has 2 nitrogen and oxygen atoms in total. The van der Waals surface area contributed by atoms with Crippen molar-refractivity contribution in [2.75, 3.05) is 32.7 Å². The normalized spacial score (nSPS) is 19.5. The highest BCUT2D eigenvalue weighted by Gasteiger charge is 2.16. The van der Waals surface area contributed by atoms with E-state index >= 15 is 0 Å². The SMILES string of the molecule is CCC(C)CN(CC)CC1CCNCC1.Cl. The van der Waals surface area contributed by atoms with Crippen LogP contribution in [0.2, 0.25) is 0 Å². The van der Waals surface area contributed by atoms with Crippen LogP contribution in [0.1, 0.15) is 40.0 Å². The van der Waals surface area contributed by atoms with Gasteiger partial charge in [0, 0.05) is 13.1 Å². The summed E-state index contributed by atoms with van der Waals surface area (Å²) in [6, 6.07) is 0. The molecule has 98 valence electrons. The molecule has 0 bridgehead atoms. The van der Waals surface area contributed by atoms with Crippen LogP contribution in [0.25, 0.3) is 0 Å². The van der Waals surface area contributed by atoms with Crippen molar-refractivity contribution in [1.82, 2.24) is 10.2 Å². The van der Waals surface area contributed by atoms with E-state index < -0.39 is 0 Å². The van der Waals surface area contributed by atoms with Gasteiger partial charge in [-0.05, 0) is 44.3 Å². The molecule has 1 aliphatic heterocycles. The second-order valence-electron chi connectivity index (χ2n) is 5.06. The fraction of sp³-hybridized carbons (Fsp3) is 1.00. The summed E-state index contributed by atoms with van der Waals surface area (Å²) in [6.07, 6.45) is 4.05. The van der Waals surface area contributed by atoms with Gasteiger partial charge in [0.2, 0.25) is 0 Å². The molecule has 3 heteroatoms. The molecule has 1 N–H and O–H groups in total. The van der Waals surface area contributed by atoms with Crippen LogP contribution in [0.3, 0.4) is 0 Å². The zero-order valence-corrected chi connectivity index (χ0v) is 12.0. The quantitative estimate of drug-likeness (QED) is 0.778. The lowest BCUT2D eigenvalue weighted by atomic mass is 9.97. The lowest BCUT2D eigenvalue weighted by Gasteiger charge is -2.30. The monoisotopic (exact) mass is 248 g/mol. The average molecular weight is 249 g/mol. The van der Waals surface area contributed by atoms with Gasteiger partial charge in [-0.2, -0.15) is 0 Å². The second-order valence-corrected chi connectivity index (χ2v) is 5.06. The molecule has 0 radical (unpaired) electrons. The first-order valence-electron chi connectivity index (χ1n) is 6.69. The number of hydrogen-bond donors (Lipinski definition) is 1. The van der Waals surface area contributed by atoms with Crippen molar-refractivity contribution in [1.29, 1.82) is 0 Å². The van der Waals surface area contributed by atoms with Gasteiger partial charge in [0.15, 0.2) is 0 Å². The Morgan fingerprint density at radius 3 is 2.38 bits per heavy atom. The Morgan fingerprint density at radius 1 is 1.25 bits per heavy atom. The number of nitrogens with one attached hydrogen (secondary N) is 1. The van der Waals surface area contributed by atoms with E-state index in [4.69, 9.17) is 0 Å². The highest BCUT2D eigenvalue weighted by molar-refractivity contribution is 5.85. The van der Waals surface area contributed by atoms with Crippen molar-refractivity contribution < 1.29 is 0 Å². The molecule has 0 aliphatic carbocycles. The molecule has 1 heterocycles. The van der Waals surface area contributed by atoms with E-state index in [0.29, 0.717) is 0 Å². The lowest BCUT2D eigenvalue weighted by molar-refractivity contribution is 0.190. The van der Waals surface area contributed by atoms with Gasteiger partial charge in [0.1, 0.15) is 0 Å². The Labute approximate surface area is 108 Å². The predicted octanol–water partition coefficient (Wildman–Crippen LogP) is 2.78. The molecular weight excluding hydrogens is 220 g/mol. The molecule has 0 aromatic carbocycles. The summed E-state index contributed by atoms with van der Waals surface area (Å²) in [4.78, 5) is 2.64. The van der Waals surface area contributed by atoms with Gasteiger partial charge < -0.3 is 10.2 Å². The summed E-state index contributed by atoms with van der Waals surface area (Å²) >= 11 is 0. The molecule has 0 spiro atoms. The first kappa shape index (κ1) is 16.2. The largest absolute Gasteiger partial charge is 0.317 e. The standard InChI is InChI=1S/C13H28N2.ClH/c1-4-12(3)10-15(5-2)11-13-6-8-14-9-7-13;/h12-14H,4-11H2,1-3H3;1H. The molecule has 0 saturated carbocycles. The van der Waals surface area contributed by atoms with E-state index in [9.17, 15) is 0 Å². The maximum absolute atomic E-state index is 3.44. The number of hydrogen-bond acceptors (Lipinski definition) is 2. The number of rotatable bonds is 6. The summed E-state index contributed by atoms with van der Waals surface area (Å²) in [6.45, 7) is 13.2. The van der Waals surface area contributed by atoms with Crippen LogP contribution in [-0.2, 0) is 0 Å². The van der Waals surface area contributed by atoms with Gasteiger partial charge in [0.25, 0.3) is 0 Å². The molecule has 16 heavy (non-hydrogen) atoms. The Hall–Kier alpha value is 0.210. The fourth-order valence-electron chi connectivity index (χ4n) is 2.33. The molecule has 0 aromatic rings. The minimum Gasteiger partial charge on any atom is -0.317 e. The summed E-state index contributed by atoms with van der Waals surface area (Å²) in [5.41, 5.74) is 0. The van der Waals surface area contributed by atoms with E-state index in [0.717, 1.165) is 11.8 Å². The van der Waals surface area contributed by atoms with Gasteiger partial charge in [-0.1, -0.05) is 27.2 Å². The smallest absolute Gasteiger partial charge is 0.00106 e. The Kier molecular flexibility index (Phi) is 9.38. The summed E-state index contributed by atoms with van der Waals surface area (Å²) in [7, 11) is 0. The van der Waals surface area contributed by atoms with Crippen LogP contribution < -0.4 is 5.32 Å². The maximum atomic E-state index is 3.44. The van der Waals surface area contributed by atoms with Crippen LogP contribution in [0.5, 0.6) is 0 Å². The van der Waals surface area contributed by atoms with Gasteiger partial charge in [0.05, 0.1) is 0 Å². The van der Waals surface area contributed by atoms with Crippen molar-refractivity contribution in [3.05, 3.63) is 0 Å².